The average molecular weight is 551 g/mol. The maximum Gasteiger partial charge on any atom is 0.313 e. The lowest BCUT2D eigenvalue weighted by atomic mass is 9.73. The number of aliphatic hydroxyl groups is 1. The van der Waals surface area contributed by atoms with Crippen molar-refractivity contribution in [1.29, 1.82) is 0 Å². The molecular formula is C32H42N2O6. The molecule has 4 aliphatic rings. The fourth-order valence-electron chi connectivity index (χ4n) is 7.14. The number of ether oxygens (including phenoxy) is 2. The van der Waals surface area contributed by atoms with Gasteiger partial charge in [-0.2, -0.15) is 0 Å². The monoisotopic (exact) mass is 550 g/mol. The number of unbranched alkanes of at least 4 members (excludes halogenated alkanes) is 2. The van der Waals surface area contributed by atoms with Crippen molar-refractivity contribution in [2.75, 3.05) is 26.3 Å². The molecule has 1 aromatic carbocycles. The molecule has 0 aromatic heterocycles. The zero-order valence-corrected chi connectivity index (χ0v) is 23.7. The molecule has 2 saturated heterocycles. The van der Waals surface area contributed by atoms with Crippen LogP contribution in [0.3, 0.4) is 0 Å². The highest BCUT2D eigenvalue weighted by Gasteiger charge is 2.75. The number of carbonyl (C=O) groups excluding carboxylic acids is 3. The Hall–Kier alpha value is -2.97. The highest BCUT2D eigenvalue weighted by Crippen LogP contribution is 2.59. The first-order valence-electron chi connectivity index (χ1n) is 14.9. The predicted octanol–water partition coefficient (Wildman–Crippen LogP) is 3.95. The summed E-state index contributed by atoms with van der Waals surface area (Å²) in [5.41, 5.74) is -1.72. The topological polar surface area (TPSA) is 96.4 Å². The first-order valence-corrected chi connectivity index (χ1v) is 14.9. The van der Waals surface area contributed by atoms with Gasteiger partial charge in [0.1, 0.15) is 23.2 Å². The van der Waals surface area contributed by atoms with Crippen LogP contribution in [-0.4, -0.2) is 76.2 Å². The molecule has 216 valence electrons. The van der Waals surface area contributed by atoms with Gasteiger partial charge in [-0.1, -0.05) is 81.3 Å². The second-order valence-corrected chi connectivity index (χ2v) is 11.4. The number of hydrogen-bond donors (Lipinski definition) is 1. The molecule has 2 amide bonds. The Kier molecular flexibility index (Phi) is 8.47. The number of hydrogen-bond acceptors (Lipinski definition) is 6. The van der Waals surface area contributed by atoms with E-state index >= 15 is 0 Å². The van der Waals surface area contributed by atoms with E-state index in [9.17, 15) is 19.5 Å². The number of nitrogens with zero attached hydrogens (tertiary/aromatic N) is 2. The maximum atomic E-state index is 14.7. The normalized spacial score (nSPS) is 33.6. The third-order valence-corrected chi connectivity index (χ3v) is 9.13. The SMILES string of the molecule is CCCCCN1CC=C[C@]23O[C@@]4(CC)/C=C\CCCCOC(=O)[C@H]4[C@H]2C(=O)N([C@H](CO)c2ccccc2)C3C1=O. The van der Waals surface area contributed by atoms with E-state index in [2.05, 4.69) is 6.92 Å². The minimum atomic E-state index is -1.37. The molecule has 8 heteroatoms. The third-order valence-electron chi connectivity index (χ3n) is 9.13. The minimum Gasteiger partial charge on any atom is -0.465 e. The molecule has 40 heavy (non-hydrogen) atoms. The van der Waals surface area contributed by atoms with Crippen LogP contribution >= 0.6 is 0 Å². The van der Waals surface area contributed by atoms with Crippen molar-refractivity contribution < 1.29 is 29.0 Å². The Morgan fingerprint density at radius 3 is 2.52 bits per heavy atom. The van der Waals surface area contributed by atoms with Crippen LogP contribution in [0.25, 0.3) is 0 Å². The van der Waals surface area contributed by atoms with Crippen LogP contribution in [0.15, 0.2) is 54.6 Å². The van der Waals surface area contributed by atoms with Gasteiger partial charge in [0.15, 0.2) is 0 Å². The summed E-state index contributed by atoms with van der Waals surface area (Å²) in [7, 11) is 0. The number of carbonyl (C=O) groups is 3. The van der Waals surface area contributed by atoms with E-state index in [0.717, 1.165) is 44.1 Å². The smallest absolute Gasteiger partial charge is 0.313 e. The molecule has 4 aliphatic heterocycles. The summed E-state index contributed by atoms with van der Waals surface area (Å²) in [4.78, 5) is 46.2. The van der Waals surface area contributed by atoms with Crippen LogP contribution in [0, 0.1) is 11.8 Å². The van der Waals surface area contributed by atoms with Crippen LogP contribution in [0.1, 0.15) is 70.4 Å². The molecule has 0 saturated carbocycles. The number of aliphatic hydroxyl groups excluding tert-OH is 1. The molecule has 1 spiro atoms. The molecule has 8 nitrogen and oxygen atoms in total. The summed E-state index contributed by atoms with van der Waals surface area (Å²) in [6.07, 6.45) is 13.5. The molecular weight excluding hydrogens is 508 g/mol. The standard InChI is InChI=1S/C32H42N2O6/c1-3-5-12-19-33-20-14-18-32-25(26-30(38)39-21-13-7-6-11-17-31(26,4-2)40-32)28(36)34(27(32)29(33)37)24(22-35)23-15-9-8-10-16-23/h8-11,14-18,24-27,35H,3-7,12-13,19-22H2,1-2H3/b17-11-/t24-,25+,26-,27?,31+,32+/m1/s1. The van der Waals surface area contributed by atoms with Crippen molar-refractivity contribution in [2.45, 2.75) is 82.1 Å². The third kappa shape index (κ3) is 4.69. The van der Waals surface area contributed by atoms with Crippen molar-refractivity contribution >= 4 is 17.8 Å². The lowest BCUT2D eigenvalue weighted by molar-refractivity contribution is -0.163. The molecule has 0 aliphatic carbocycles. The molecule has 2 fully saturated rings. The Labute approximate surface area is 237 Å². The van der Waals surface area contributed by atoms with Crippen molar-refractivity contribution in [3.8, 4) is 0 Å². The summed E-state index contributed by atoms with van der Waals surface area (Å²) in [5.74, 6) is -2.90. The molecule has 1 unspecified atom stereocenters. The van der Waals surface area contributed by atoms with Gasteiger partial charge in [-0.05, 0) is 37.7 Å². The number of amides is 2. The second-order valence-electron chi connectivity index (χ2n) is 11.4. The van der Waals surface area contributed by atoms with Crippen molar-refractivity contribution in [1.82, 2.24) is 9.80 Å². The maximum absolute atomic E-state index is 14.7. The van der Waals surface area contributed by atoms with E-state index in [0.29, 0.717) is 19.5 Å². The molecule has 0 radical (unpaired) electrons. The van der Waals surface area contributed by atoms with Crippen molar-refractivity contribution in [3.05, 3.63) is 60.2 Å². The van der Waals surface area contributed by atoms with Crippen LogP contribution in [-0.2, 0) is 23.9 Å². The largest absolute Gasteiger partial charge is 0.465 e. The minimum absolute atomic E-state index is 0.210. The highest BCUT2D eigenvalue weighted by molar-refractivity contribution is 5.99. The van der Waals surface area contributed by atoms with Crippen LogP contribution < -0.4 is 0 Å². The Morgan fingerprint density at radius 2 is 1.80 bits per heavy atom. The number of fused-ring (bicyclic) bond motifs is 2. The molecule has 1 aromatic rings. The summed E-state index contributed by atoms with van der Waals surface area (Å²) in [5, 5.41) is 10.7. The van der Waals surface area contributed by atoms with Gasteiger partial charge in [0, 0.05) is 13.1 Å². The van der Waals surface area contributed by atoms with E-state index in [1.54, 1.807) is 4.90 Å². The number of esters is 1. The van der Waals surface area contributed by atoms with Gasteiger partial charge in [-0.3, -0.25) is 14.4 Å². The van der Waals surface area contributed by atoms with Gasteiger partial charge in [0.25, 0.3) is 0 Å². The van der Waals surface area contributed by atoms with Gasteiger partial charge >= 0.3 is 5.97 Å². The predicted molar refractivity (Wildman–Crippen MR) is 150 cm³/mol. The number of rotatable bonds is 8. The quantitative estimate of drug-likeness (QED) is 0.299. The Bertz CT molecular complexity index is 1150. The lowest BCUT2D eigenvalue weighted by Crippen LogP contribution is -2.57. The van der Waals surface area contributed by atoms with Crippen LogP contribution in [0.2, 0.25) is 0 Å². The number of cyclic esters (lactones) is 1. The Morgan fingerprint density at radius 1 is 1.00 bits per heavy atom. The number of benzene rings is 1. The second kappa shape index (κ2) is 11.9. The summed E-state index contributed by atoms with van der Waals surface area (Å²) >= 11 is 0. The molecule has 1 N–H and O–H groups in total. The fraction of sp³-hybridized carbons (Fsp3) is 0.594. The van der Waals surface area contributed by atoms with Gasteiger partial charge in [0.2, 0.25) is 11.8 Å². The van der Waals surface area contributed by atoms with E-state index in [4.69, 9.17) is 9.47 Å². The van der Waals surface area contributed by atoms with Crippen molar-refractivity contribution in [3.63, 3.8) is 0 Å². The van der Waals surface area contributed by atoms with Crippen LogP contribution in [0.4, 0.5) is 0 Å². The molecule has 5 rings (SSSR count). The first kappa shape index (κ1) is 28.6. The van der Waals surface area contributed by atoms with Gasteiger partial charge in [-0.25, -0.2) is 0 Å². The van der Waals surface area contributed by atoms with Gasteiger partial charge in [0.05, 0.1) is 25.2 Å². The van der Waals surface area contributed by atoms with Gasteiger partial charge < -0.3 is 24.4 Å². The van der Waals surface area contributed by atoms with E-state index < -0.39 is 41.1 Å². The first-order chi connectivity index (χ1) is 19.4. The van der Waals surface area contributed by atoms with Crippen molar-refractivity contribution in [2.24, 2.45) is 11.8 Å². The zero-order valence-electron chi connectivity index (χ0n) is 23.7. The summed E-state index contributed by atoms with van der Waals surface area (Å²) in [6, 6.07) is 7.48. The Balaban J connectivity index is 1.67. The summed E-state index contributed by atoms with van der Waals surface area (Å²) < 4.78 is 12.8. The lowest BCUT2D eigenvalue weighted by Gasteiger charge is -2.41. The highest BCUT2D eigenvalue weighted by atomic mass is 16.6. The summed E-state index contributed by atoms with van der Waals surface area (Å²) in [6.45, 7) is 4.95. The average Bonchev–Trinajstić information content (AvgIpc) is 3.33. The zero-order chi connectivity index (χ0) is 28.3. The van der Waals surface area contributed by atoms with Crippen LogP contribution in [0.5, 0.6) is 0 Å². The molecule has 4 heterocycles. The van der Waals surface area contributed by atoms with Gasteiger partial charge in [-0.15, -0.1) is 0 Å². The molecule has 6 atom stereocenters. The number of allylic oxidation sites excluding steroid dienone is 1. The molecule has 0 bridgehead atoms. The fourth-order valence-corrected chi connectivity index (χ4v) is 7.14. The number of likely N-dealkylation sites (tertiary alicyclic amines) is 1. The van der Waals surface area contributed by atoms with E-state index in [-0.39, 0.29) is 25.0 Å². The van der Waals surface area contributed by atoms with E-state index in [1.807, 2.05) is 61.6 Å². The van der Waals surface area contributed by atoms with E-state index in [1.165, 1.54) is 4.90 Å².